The first kappa shape index (κ1) is 30.6. The summed E-state index contributed by atoms with van der Waals surface area (Å²) in [6, 6.07) is 76.4. The van der Waals surface area contributed by atoms with Gasteiger partial charge in [-0.15, -0.1) is 0 Å². The quantitative estimate of drug-likeness (QED) is 0.162. The normalized spacial score (nSPS) is 11.7. The lowest BCUT2D eigenvalue weighted by atomic mass is 9.82. The van der Waals surface area contributed by atoms with Gasteiger partial charge in [-0.1, -0.05) is 176 Å². The molecule has 11 rings (SSSR count). The molecule has 0 amide bonds. The molecule has 0 fully saturated rings. The molecule has 0 aromatic heterocycles. The summed E-state index contributed by atoms with van der Waals surface area (Å²) >= 11 is 0. The van der Waals surface area contributed by atoms with Crippen LogP contribution in [0.4, 0.5) is 0 Å². The predicted octanol–water partition coefficient (Wildman–Crippen LogP) is 15.3. The predicted molar refractivity (Wildman–Crippen MR) is 233 cm³/mol. The molecule has 0 bridgehead atoms. The molecule has 11 aromatic rings. The number of benzene rings is 11. The number of hydrogen-bond donors (Lipinski definition) is 0. The Kier molecular flexibility index (Phi) is 6.97. The van der Waals surface area contributed by atoms with E-state index in [4.69, 9.17) is 0 Å². The average molecular weight is 683 g/mol. The van der Waals surface area contributed by atoms with E-state index in [0.717, 1.165) is 0 Å². The third-order valence-electron chi connectivity index (χ3n) is 11.4. The van der Waals surface area contributed by atoms with Crippen molar-refractivity contribution < 1.29 is 0 Å². The van der Waals surface area contributed by atoms with Crippen LogP contribution in [0.2, 0.25) is 0 Å². The molecule has 0 unspecified atom stereocenters. The van der Waals surface area contributed by atoms with Crippen LogP contribution in [0.25, 0.3) is 109 Å². The molecule has 0 aliphatic carbocycles. The van der Waals surface area contributed by atoms with Crippen molar-refractivity contribution >= 4 is 64.6 Å². The zero-order valence-corrected chi connectivity index (χ0v) is 29.6. The Morgan fingerprint density at radius 2 is 0.574 bits per heavy atom. The third-order valence-corrected chi connectivity index (χ3v) is 11.4. The minimum atomic E-state index is 1.21. The molecule has 0 nitrogen and oxygen atoms in total. The van der Waals surface area contributed by atoms with Crippen LogP contribution in [-0.2, 0) is 0 Å². The molecule has 0 heterocycles. The maximum atomic E-state index is 2.44. The van der Waals surface area contributed by atoms with Gasteiger partial charge in [-0.05, 0) is 139 Å². The van der Waals surface area contributed by atoms with Crippen molar-refractivity contribution in [1.82, 2.24) is 0 Å². The lowest BCUT2D eigenvalue weighted by Gasteiger charge is -2.21. The molecule has 0 atom stereocenters. The van der Waals surface area contributed by atoms with Crippen molar-refractivity contribution in [3.63, 3.8) is 0 Å². The molecule has 0 N–H and O–H groups in total. The van der Waals surface area contributed by atoms with Crippen LogP contribution >= 0.6 is 0 Å². The van der Waals surface area contributed by atoms with E-state index in [2.05, 4.69) is 206 Å². The largest absolute Gasteiger partial charge is 0.0616 e. The van der Waals surface area contributed by atoms with Gasteiger partial charge in [-0.2, -0.15) is 0 Å². The third kappa shape index (κ3) is 4.99. The highest BCUT2D eigenvalue weighted by atomic mass is 14.2. The molecular weight excluding hydrogens is 649 g/mol. The van der Waals surface area contributed by atoms with Crippen LogP contribution in [0.3, 0.4) is 0 Å². The molecule has 54 heavy (non-hydrogen) atoms. The second kappa shape index (κ2) is 12.3. The van der Waals surface area contributed by atoms with Gasteiger partial charge in [0.2, 0.25) is 0 Å². The highest BCUT2D eigenvalue weighted by molar-refractivity contribution is 6.25. The molecular formula is C54H34. The fourth-order valence-corrected chi connectivity index (χ4v) is 8.71. The Balaban J connectivity index is 1.27. The maximum absolute atomic E-state index is 2.44. The van der Waals surface area contributed by atoms with E-state index in [-0.39, 0.29) is 0 Å². The van der Waals surface area contributed by atoms with Gasteiger partial charge in [0.25, 0.3) is 0 Å². The van der Waals surface area contributed by atoms with Crippen LogP contribution in [-0.4, -0.2) is 0 Å². The Bertz CT molecular complexity index is 3270. The average Bonchev–Trinajstić information content (AvgIpc) is 3.24. The van der Waals surface area contributed by atoms with Gasteiger partial charge in [-0.3, -0.25) is 0 Å². The summed E-state index contributed by atoms with van der Waals surface area (Å²) in [7, 11) is 0. The van der Waals surface area contributed by atoms with E-state index in [1.165, 1.54) is 109 Å². The Labute approximate surface area is 314 Å². The summed E-state index contributed by atoms with van der Waals surface area (Å²) in [5.41, 5.74) is 9.88. The SMILES string of the molecule is c1ccc2cc(-c3ccc4c(-c5cccc6ccccc56)c5cc(-c6ccc7ccccc7c6)ccc5c(-c5ccc6ccccc6c5)c4c3)ccc2c1. The molecule has 0 aliphatic rings. The first-order valence-electron chi connectivity index (χ1n) is 18.7. The summed E-state index contributed by atoms with van der Waals surface area (Å²) < 4.78 is 0. The van der Waals surface area contributed by atoms with Crippen LogP contribution < -0.4 is 0 Å². The van der Waals surface area contributed by atoms with Crippen molar-refractivity contribution in [1.29, 1.82) is 0 Å². The fourth-order valence-electron chi connectivity index (χ4n) is 8.71. The van der Waals surface area contributed by atoms with Gasteiger partial charge in [0, 0.05) is 0 Å². The van der Waals surface area contributed by atoms with E-state index < -0.39 is 0 Å². The Morgan fingerprint density at radius 1 is 0.185 bits per heavy atom. The Morgan fingerprint density at radius 3 is 1.15 bits per heavy atom. The van der Waals surface area contributed by atoms with Crippen LogP contribution in [0.15, 0.2) is 206 Å². The zero-order valence-electron chi connectivity index (χ0n) is 29.6. The number of rotatable bonds is 4. The highest BCUT2D eigenvalue weighted by Crippen LogP contribution is 2.48. The molecule has 0 spiro atoms. The van der Waals surface area contributed by atoms with Crippen LogP contribution in [0.1, 0.15) is 0 Å². The van der Waals surface area contributed by atoms with E-state index >= 15 is 0 Å². The molecule has 0 heteroatoms. The van der Waals surface area contributed by atoms with Gasteiger partial charge in [0.05, 0.1) is 0 Å². The van der Waals surface area contributed by atoms with Gasteiger partial charge >= 0.3 is 0 Å². The van der Waals surface area contributed by atoms with E-state index in [9.17, 15) is 0 Å². The number of fused-ring (bicyclic) bond motifs is 6. The van der Waals surface area contributed by atoms with Crippen molar-refractivity contribution in [2.45, 2.75) is 0 Å². The van der Waals surface area contributed by atoms with Crippen LogP contribution in [0, 0.1) is 0 Å². The monoisotopic (exact) mass is 682 g/mol. The first-order valence-corrected chi connectivity index (χ1v) is 18.7. The summed E-state index contributed by atoms with van der Waals surface area (Å²) in [6.45, 7) is 0. The lowest BCUT2D eigenvalue weighted by molar-refractivity contribution is 1.65. The van der Waals surface area contributed by atoms with Crippen LogP contribution in [0.5, 0.6) is 0 Å². The van der Waals surface area contributed by atoms with E-state index in [1.807, 2.05) is 0 Å². The summed E-state index contributed by atoms with van der Waals surface area (Å²) in [5, 5.41) is 15.0. The van der Waals surface area contributed by atoms with E-state index in [1.54, 1.807) is 0 Å². The summed E-state index contributed by atoms with van der Waals surface area (Å²) in [5.74, 6) is 0. The molecule has 0 radical (unpaired) electrons. The minimum Gasteiger partial charge on any atom is -0.0616 e. The number of hydrogen-bond acceptors (Lipinski definition) is 0. The zero-order chi connectivity index (χ0) is 35.6. The Hall–Kier alpha value is -7.02. The summed E-state index contributed by atoms with van der Waals surface area (Å²) in [4.78, 5) is 0. The molecule has 0 saturated carbocycles. The van der Waals surface area contributed by atoms with Crippen molar-refractivity contribution in [2.75, 3.05) is 0 Å². The maximum Gasteiger partial charge on any atom is -0.00199 e. The van der Waals surface area contributed by atoms with Gasteiger partial charge in [0.15, 0.2) is 0 Å². The van der Waals surface area contributed by atoms with Gasteiger partial charge in [-0.25, -0.2) is 0 Å². The second-order valence-electron chi connectivity index (χ2n) is 14.5. The second-order valence-corrected chi connectivity index (χ2v) is 14.5. The summed E-state index contributed by atoms with van der Waals surface area (Å²) in [6.07, 6.45) is 0. The highest BCUT2D eigenvalue weighted by Gasteiger charge is 2.20. The van der Waals surface area contributed by atoms with Gasteiger partial charge < -0.3 is 0 Å². The van der Waals surface area contributed by atoms with Crippen molar-refractivity contribution in [2.24, 2.45) is 0 Å². The van der Waals surface area contributed by atoms with Crippen molar-refractivity contribution in [3.8, 4) is 44.5 Å². The van der Waals surface area contributed by atoms with Crippen molar-refractivity contribution in [3.05, 3.63) is 206 Å². The lowest BCUT2D eigenvalue weighted by Crippen LogP contribution is -1.93. The standard InChI is InChI=1S/C54H34/c1-4-14-39-30-42(23-20-35(39)10-1)44-27-29-50-51(33-44)53(46-25-22-37-12-3-6-16-41(37)32-46)49-28-26-45(43-24-21-36-11-2-5-15-40(36)31-43)34-52(49)54(50)48-19-9-17-38-13-7-8-18-47(38)48/h1-34H. The molecule has 0 saturated heterocycles. The minimum absolute atomic E-state index is 1.21. The van der Waals surface area contributed by atoms with Gasteiger partial charge in [0.1, 0.15) is 0 Å². The van der Waals surface area contributed by atoms with E-state index in [0.29, 0.717) is 0 Å². The smallest absolute Gasteiger partial charge is 0.00199 e. The molecule has 0 aliphatic heterocycles. The molecule has 11 aromatic carbocycles. The fraction of sp³-hybridized carbons (Fsp3) is 0. The first-order chi connectivity index (χ1) is 26.7. The molecule has 250 valence electrons. The topological polar surface area (TPSA) is 0 Å².